The molecule has 3 aromatic carbocycles. The molecule has 1 aromatic heterocycles. The second-order valence-corrected chi connectivity index (χ2v) is 8.29. The van der Waals surface area contributed by atoms with E-state index in [1.807, 2.05) is 56.3 Å². The van der Waals surface area contributed by atoms with Crippen LogP contribution in [0.15, 0.2) is 79.0 Å². The van der Waals surface area contributed by atoms with Crippen LogP contribution in [0.5, 0.6) is 0 Å². The second kappa shape index (κ2) is 10.6. The zero-order valence-corrected chi connectivity index (χ0v) is 19.5. The maximum Gasteiger partial charge on any atom is 0.340 e. The van der Waals surface area contributed by atoms with Crippen LogP contribution in [0.3, 0.4) is 0 Å². The number of rotatable bonds is 8. The highest BCUT2D eigenvalue weighted by Crippen LogP contribution is 2.21. The van der Waals surface area contributed by atoms with Gasteiger partial charge in [-0.25, -0.2) is 9.48 Å². The molecule has 4 rings (SSSR count). The number of esters is 1. The average molecular weight is 471 g/mol. The fourth-order valence-corrected chi connectivity index (χ4v) is 3.80. The summed E-state index contributed by atoms with van der Waals surface area (Å²) in [4.78, 5) is 37.8. The first-order valence-electron chi connectivity index (χ1n) is 11.3. The quantitative estimate of drug-likeness (QED) is 0.367. The van der Waals surface area contributed by atoms with E-state index in [-0.39, 0.29) is 23.9 Å². The van der Waals surface area contributed by atoms with Gasteiger partial charge in [0.2, 0.25) is 5.91 Å². The topological polar surface area (TPSA) is 102 Å². The van der Waals surface area contributed by atoms with Crippen LogP contribution >= 0.6 is 0 Å². The number of hydrogen-bond acceptors (Lipinski definition) is 5. The fourth-order valence-electron chi connectivity index (χ4n) is 3.80. The van der Waals surface area contributed by atoms with Gasteiger partial charge in [-0.15, -0.1) is 0 Å². The minimum Gasteiger partial charge on any atom is -0.452 e. The standard InChI is InChI=1S/C27H26N4O4/c1-18(2)31-24(14-15-28-31)30-26(33)17-35-27(34)22-12-5-6-13-23(22)29-25(32)16-20-10-7-9-19-8-3-4-11-21(19)20/h3-15,18H,16-17H2,1-2H3,(H,29,32)(H,30,33). The second-order valence-electron chi connectivity index (χ2n) is 8.29. The number of amides is 2. The molecule has 0 aliphatic rings. The Morgan fingerprint density at radius 1 is 0.886 bits per heavy atom. The third-order valence-electron chi connectivity index (χ3n) is 5.41. The van der Waals surface area contributed by atoms with Gasteiger partial charge in [0.1, 0.15) is 5.82 Å². The van der Waals surface area contributed by atoms with Gasteiger partial charge in [0, 0.05) is 12.1 Å². The molecule has 0 radical (unpaired) electrons. The van der Waals surface area contributed by atoms with Gasteiger partial charge in [0.15, 0.2) is 6.61 Å². The Hall–Kier alpha value is -4.46. The molecule has 2 amide bonds. The normalized spacial score (nSPS) is 10.8. The van der Waals surface area contributed by atoms with Gasteiger partial charge in [-0.05, 0) is 42.3 Å². The summed E-state index contributed by atoms with van der Waals surface area (Å²) >= 11 is 0. The molecule has 2 N–H and O–H groups in total. The summed E-state index contributed by atoms with van der Waals surface area (Å²) in [5.41, 5.74) is 1.37. The first kappa shape index (κ1) is 23.7. The van der Waals surface area contributed by atoms with Gasteiger partial charge in [-0.1, -0.05) is 54.6 Å². The summed E-state index contributed by atoms with van der Waals surface area (Å²) < 4.78 is 6.86. The average Bonchev–Trinajstić information content (AvgIpc) is 3.31. The minimum absolute atomic E-state index is 0.0622. The first-order valence-corrected chi connectivity index (χ1v) is 11.3. The lowest BCUT2D eigenvalue weighted by atomic mass is 10.0. The molecule has 4 aromatic rings. The monoisotopic (exact) mass is 470 g/mol. The molecule has 0 saturated heterocycles. The molecule has 178 valence electrons. The molecule has 0 aliphatic heterocycles. The summed E-state index contributed by atoms with van der Waals surface area (Å²) in [5, 5.41) is 11.7. The minimum atomic E-state index is -0.710. The van der Waals surface area contributed by atoms with Crippen molar-refractivity contribution < 1.29 is 19.1 Å². The summed E-state index contributed by atoms with van der Waals surface area (Å²) in [6.45, 7) is 3.41. The molecule has 35 heavy (non-hydrogen) atoms. The largest absolute Gasteiger partial charge is 0.452 e. The molecule has 8 heteroatoms. The van der Waals surface area contributed by atoms with Crippen molar-refractivity contribution in [1.29, 1.82) is 0 Å². The molecule has 0 bridgehead atoms. The zero-order chi connectivity index (χ0) is 24.8. The molecule has 0 unspecified atom stereocenters. The van der Waals surface area contributed by atoms with Gasteiger partial charge in [-0.2, -0.15) is 5.10 Å². The van der Waals surface area contributed by atoms with E-state index in [1.165, 1.54) is 0 Å². The maximum absolute atomic E-state index is 12.8. The molecule has 8 nitrogen and oxygen atoms in total. The van der Waals surface area contributed by atoms with E-state index >= 15 is 0 Å². The van der Waals surface area contributed by atoms with Crippen LogP contribution in [-0.4, -0.2) is 34.2 Å². The Morgan fingerprint density at radius 3 is 2.46 bits per heavy atom. The molecule has 0 saturated carbocycles. The number of nitrogens with one attached hydrogen (secondary N) is 2. The van der Waals surface area contributed by atoms with Crippen molar-refractivity contribution in [3.05, 3.63) is 90.1 Å². The van der Waals surface area contributed by atoms with Crippen molar-refractivity contribution in [2.45, 2.75) is 26.3 Å². The lowest BCUT2D eigenvalue weighted by molar-refractivity contribution is -0.119. The van der Waals surface area contributed by atoms with Crippen molar-refractivity contribution >= 4 is 40.1 Å². The lowest BCUT2D eigenvalue weighted by Gasteiger charge is -2.13. The number of fused-ring (bicyclic) bond motifs is 1. The third kappa shape index (κ3) is 5.73. The summed E-state index contributed by atoms with van der Waals surface area (Å²) in [6, 6.07) is 21.9. The van der Waals surface area contributed by atoms with E-state index in [1.54, 1.807) is 41.2 Å². The van der Waals surface area contributed by atoms with Gasteiger partial charge in [0.25, 0.3) is 5.91 Å². The Kier molecular flexibility index (Phi) is 7.21. The number of ether oxygens (including phenoxy) is 1. The van der Waals surface area contributed by atoms with Crippen molar-refractivity contribution in [3.8, 4) is 0 Å². The number of hydrogen-bond donors (Lipinski definition) is 2. The summed E-state index contributed by atoms with van der Waals surface area (Å²) in [6.07, 6.45) is 1.73. The molecular formula is C27H26N4O4. The highest BCUT2D eigenvalue weighted by Gasteiger charge is 2.17. The van der Waals surface area contributed by atoms with Crippen molar-refractivity contribution in [2.75, 3.05) is 17.2 Å². The van der Waals surface area contributed by atoms with Crippen LogP contribution in [0.25, 0.3) is 10.8 Å². The number of carbonyl (C=O) groups excluding carboxylic acids is 3. The van der Waals surface area contributed by atoms with Crippen LogP contribution < -0.4 is 10.6 Å². The van der Waals surface area contributed by atoms with Crippen molar-refractivity contribution in [1.82, 2.24) is 9.78 Å². The number of benzene rings is 3. The number of para-hydroxylation sites is 1. The van der Waals surface area contributed by atoms with E-state index in [0.717, 1.165) is 16.3 Å². The molecule has 0 atom stereocenters. The van der Waals surface area contributed by atoms with Gasteiger partial charge in [-0.3, -0.25) is 9.59 Å². The van der Waals surface area contributed by atoms with Gasteiger partial charge < -0.3 is 15.4 Å². The molecule has 1 heterocycles. The van der Waals surface area contributed by atoms with Crippen LogP contribution in [0.4, 0.5) is 11.5 Å². The fraction of sp³-hybridized carbons (Fsp3) is 0.185. The molecule has 0 fully saturated rings. The summed E-state index contributed by atoms with van der Waals surface area (Å²) in [5.74, 6) is -0.944. The van der Waals surface area contributed by atoms with Crippen LogP contribution in [0.1, 0.15) is 35.8 Å². The number of anilines is 2. The Labute approximate surface area is 202 Å². The number of carbonyl (C=O) groups is 3. The van der Waals surface area contributed by atoms with Crippen LogP contribution in [0, 0.1) is 0 Å². The summed E-state index contributed by atoms with van der Waals surface area (Å²) in [7, 11) is 0. The molecule has 0 spiro atoms. The Balaban J connectivity index is 1.39. The smallest absolute Gasteiger partial charge is 0.340 e. The Morgan fingerprint density at radius 2 is 1.63 bits per heavy atom. The number of nitrogens with zero attached hydrogens (tertiary/aromatic N) is 2. The molecular weight excluding hydrogens is 444 g/mol. The van der Waals surface area contributed by atoms with Gasteiger partial charge in [0.05, 0.1) is 23.9 Å². The number of aromatic nitrogens is 2. The van der Waals surface area contributed by atoms with Crippen molar-refractivity contribution in [2.24, 2.45) is 0 Å². The SMILES string of the molecule is CC(C)n1nccc1NC(=O)COC(=O)c1ccccc1NC(=O)Cc1cccc2ccccc12. The van der Waals surface area contributed by atoms with E-state index in [4.69, 9.17) is 4.74 Å². The predicted octanol–water partition coefficient (Wildman–Crippen LogP) is 4.59. The van der Waals surface area contributed by atoms with E-state index < -0.39 is 18.5 Å². The zero-order valence-electron chi connectivity index (χ0n) is 19.5. The highest BCUT2D eigenvalue weighted by molar-refractivity contribution is 6.03. The molecule has 0 aliphatic carbocycles. The van der Waals surface area contributed by atoms with Crippen LogP contribution in [-0.2, 0) is 20.7 Å². The highest BCUT2D eigenvalue weighted by atomic mass is 16.5. The van der Waals surface area contributed by atoms with Crippen molar-refractivity contribution in [3.63, 3.8) is 0 Å². The maximum atomic E-state index is 12.8. The van der Waals surface area contributed by atoms with E-state index in [0.29, 0.717) is 11.5 Å². The lowest BCUT2D eigenvalue weighted by Crippen LogP contribution is -2.24. The van der Waals surface area contributed by atoms with Gasteiger partial charge >= 0.3 is 5.97 Å². The van der Waals surface area contributed by atoms with E-state index in [2.05, 4.69) is 15.7 Å². The Bertz CT molecular complexity index is 1370. The van der Waals surface area contributed by atoms with Crippen LogP contribution in [0.2, 0.25) is 0 Å². The third-order valence-corrected chi connectivity index (χ3v) is 5.41. The van der Waals surface area contributed by atoms with E-state index in [9.17, 15) is 14.4 Å². The first-order chi connectivity index (χ1) is 16.9. The predicted molar refractivity (Wildman–Crippen MR) is 134 cm³/mol.